The van der Waals surface area contributed by atoms with Crippen LogP contribution < -0.4 is 0 Å². The van der Waals surface area contributed by atoms with E-state index in [1.807, 2.05) is 36.5 Å². The molecule has 0 radical (unpaired) electrons. The Labute approximate surface area is 181 Å². The molecule has 0 spiro atoms. The van der Waals surface area contributed by atoms with Gasteiger partial charge < -0.3 is 4.90 Å². The lowest BCUT2D eigenvalue weighted by molar-refractivity contribution is 0.0758. The summed E-state index contributed by atoms with van der Waals surface area (Å²) in [5.41, 5.74) is 3.70. The van der Waals surface area contributed by atoms with Gasteiger partial charge in [-0.2, -0.15) is 5.10 Å². The first-order valence-corrected chi connectivity index (χ1v) is 10.1. The number of hydrogen-bond acceptors (Lipinski definition) is 3. The number of nitrogens with zero attached hydrogens (tertiary/aromatic N) is 5. The molecule has 6 nitrogen and oxygen atoms in total. The van der Waals surface area contributed by atoms with Gasteiger partial charge in [-0.05, 0) is 35.4 Å². The van der Waals surface area contributed by atoms with Crippen molar-refractivity contribution in [3.05, 3.63) is 89.5 Å². The van der Waals surface area contributed by atoms with Crippen molar-refractivity contribution in [3.63, 3.8) is 0 Å². The van der Waals surface area contributed by atoms with Crippen molar-refractivity contribution in [2.75, 3.05) is 0 Å². The number of aryl methyl sites for hydroxylation is 1. The summed E-state index contributed by atoms with van der Waals surface area (Å²) < 4.78 is 33.6. The van der Waals surface area contributed by atoms with Crippen LogP contribution in [0, 0.1) is 11.6 Å². The smallest absolute Gasteiger partial charge is 0.271 e. The maximum atomic E-state index is 15.1. The van der Waals surface area contributed by atoms with Gasteiger partial charge in [-0.1, -0.05) is 18.2 Å². The number of benzene rings is 2. The van der Waals surface area contributed by atoms with Crippen LogP contribution in [-0.4, -0.2) is 30.0 Å². The van der Waals surface area contributed by atoms with E-state index in [-0.39, 0.29) is 24.6 Å². The molecule has 6 rings (SSSR count). The molecule has 0 atom stereocenters. The van der Waals surface area contributed by atoms with Gasteiger partial charge in [0.05, 0.1) is 12.1 Å². The number of hydrogen-bond donors (Lipinski definition) is 0. The van der Waals surface area contributed by atoms with Crippen LogP contribution >= 0.6 is 0 Å². The fraction of sp³-hybridized carbons (Fsp3) is 0.125. The van der Waals surface area contributed by atoms with Gasteiger partial charge >= 0.3 is 0 Å². The first kappa shape index (κ1) is 18.7. The Morgan fingerprint density at radius 2 is 1.91 bits per heavy atom. The summed E-state index contributed by atoms with van der Waals surface area (Å²) in [7, 11) is 1.80. The van der Waals surface area contributed by atoms with E-state index in [1.54, 1.807) is 28.5 Å². The number of fused-ring (bicyclic) bond motifs is 4. The van der Waals surface area contributed by atoms with Gasteiger partial charge in [0.15, 0.2) is 0 Å². The molecular weight excluding hydrogens is 412 g/mol. The van der Waals surface area contributed by atoms with Gasteiger partial charge in [-0.3, -0.25) is 13.9 Å². The predicted molar refractivity (Wildman–Crippen MR) is 115 cm³/mol. The van der Waals surface area contributed by atoms with Gasteiger partial charge in [0, 0.05) is 48.7 Å². The molecule has 0 N–H and O–H groups in total. The lowest BCUT2D eigenvalue weighted by atomic mass is 9.99. The van der Waals surface area contributed by atoms with Gasteiger partial charge in [-0.15, -0.1) is 0 Å². The lowest BCUT2D eigenvalue weighted by Gasteiger charge is -2.17. The normalized spacial score (nSPS) is 13.5. The molecule has 0 fully saturated rings. The number of rotatable bonds is 3. The van der Waals surface area contributed by atoms with Crippen molar-refractivity contribution in [2.45, 2.75) is 13.1 Å². The average molecular weight is 429 g/mol. The maximum absolute atomic E-state index is 15.1. The molecule has 0 aliphatic carbocycles. The van der Waals surface area contributed by atoms with Crippen LogP contribution in [0.1, 0.15) is 21.6 Å². The third-order valence-corrected chi connectivity index (χ3v) is 5.96. The van der Waals surface area contributed by atoms with Crippen LogP contribution in [0.2, 0.25) is 0 Å². The minimum absolute atomic E-state index is 0.129. The summed E-state index contributed by atoms with van der Waals surface area (Å²) in [6.45, 7) is 0.136. The van der Waals surface area contributed by atoms with E-state index in [9.17, 15) is 4.79 Å². The molecule has 0 saturated heterocycles. The van der Waals surface area contributed by atoms with Crippen LogP contribution in [0.4, 0.5) is 8.78 Å². The highest BCUT2D eigenvalue weighted by atomic mass is 19.1. The first-order chi connectivity index (χ1) is 15.5. The van der Waals surface area contributed by atoms with Crippen LogP contribution in [0.15, 0.2) is 61.1 Å². The second kappa shape index (κ2) is 6.71. The Bertz CT molecular complexity index is 1530. The third-order valence-electron chi connectivity index (χ3n) is 5.96. The molecule has 1 aliphatic rings. The molecule has 3 aromatic heterocycles. The van der Waals surface area contributed by atoms with Crippen molar-refractivity contribution in [3.8, 4) is 11.1 Å². The number of halogens is 2. The van der Waals surface area contributed by atoms with E-state index < -0.39 is 11.6 Å². The van der Waals surface area contributed by atoms with Crippen LogP contribution in [0.5, 0.6) is 0 Å². The van der Waals surface area contributed by atoms with Crippen LogP contribution in [-0.2, 0) is 20.1 Å². The van der Waals surface area contributed by atoms with E-state index in [0.29, 0.717) is 22.5 Å². The SMILES string of the molecule is Cn1cc2c(-c3cc(F)c(CN4Cc5ccc6nccn6c5C4=O)c(F)c3)cccc2n1. The predicted octanol–water partition coefficient (Wildman–Crippen LogP) is 4.32. The number of carbonyl (C=O) groups is 1. The number of pyridine rings is 1. The quantitative estimate of drug-likeness (QED) is 0.429. The third kappa shape index (κ3) is 2.72. The molecule has 0 saturated carbocycles. The van der Waals surface area contributed by atoms with E-state index >= 15 is 8.78 Å². The number of imidazole rings is 1. The van der Waals surface area contributed by atoms with Crippen molar-refractivity contribution in [1.82, 2.24) is 24.1 Å². The zero-order valence-corrected chi connectivity index (χ0v) is 17.1. The Balaban J connectivity index is 1.36. The van der Waals surface area contributed by atoms with E-state index in [1.165, 1.54) is 17.0 Å². The molecule has 1 amide bonds. The molecular formula is C24H17F2N5O. The van der Waals surface area contributed by atoms with Crippen molar-refractivity contribution in [2.24, 2.45) is 7.05 Å². The summed E-state index contributed by atoms with van der Waals surface area (Å²) in [4.78, 5) is 18.6. The fourth-order valence-electron chi connectivity index (χ4n) is 4.47. The topological polar surface area (TPSA) is 55.4 Å². The standard InChI is InChI=1S/C24H17F2N5O/c1-29-12-17-16(3-2-4-21(17)28-29)15-9-19(25)18(20(26)10-15)13-30-11-14-5-6-22-27-7-8-31(22)23(14)24(30)32/h2-10,12H,11,13H2,1H3. The van der Waals surface area contributed by atoms with Crippen molar-refractivity contribution >= 4 is 22.5 Å². The number of aromatic nitrogens is 4. The fourth-order valence-corrected chi connectivity index (χ4v) is 4.47. The lowest BCUT2D eigenvalue weighted by Crippen LogP contribution is -2.25. The van der Waals surface area contributed by atoms with Crippen LogP contribution in [0.25, 0.3) is 27.7 Å². The summed E-state index contributed by atoms with van der Waals surface area (Å²) >= 11 is 0. The highest BCUT2D eigenvalue weighted by Gasteiger charge is 2.31. The monoisotopic (exact) mass is 429 g/mol. The highest BCUT2D eigenvalue weighted by Crippen LogP contribution is 2.32. The molecule has 5 aromatic rings. The average Bonchev–Trinajstić information content (AvgIpc) is 3.46. The van der Waals surface area contributed by atoms with Crippen molar-refractivity contribution in [1.29, 1.82) is 0 Å². The zero-order valence-electron chi connectivity index (χ0n) is 17.1. The maximum Gasteiger partial charge on any atom is 0.271 e. The molecule has 8 heteroatoms. The van der Waals surface area contributed by atoms with E-state index in [2.05, 4.69) is 10.1 Å². The zero-order chi connectivity index (χ0) is 22.0. The second-order valence-electron chi connectivity index (χ2n) is 7.98. The Hall–Kier alpha value is -4.07. The van der Waals surface area contributed by atoms with Gasteiger partial charge in [-0.25, -0.2) is 13.8 Å². The molecule has 0 bridgehead atoms. The summed E-state index contributed by atoms with van der Waals surface area (Å²) in [6, 6.07) is 11.8. The first-order valence-electron chi connectivity index (χ1n) is 10.1. The van der Waals surface area contributed by atoms with E-state index in [0.717, 1.165) is 16.5 Å². The van der Waals surface area contributed by atoms with Gasteiger partial charge in [0.25, 0.3) is 5.91 Å². The minimum Gasteiger partial charge on any atom is -0.328 e. The Morgan fingerprint density at radius 1 is 1.09 bits per heavy atom. The molecule has 0 unspecified atom stereocenters. The van der Waals surface area contributed by atoms with E-state index in [4.69, 9.17) is 0 Å². The molecule has 1 aliphatic heterocycles. The summed E-state index contributed by atoms with van der Waals surface area (Å²) in [6.07, 6.45) is 5.16. The molecule has 32 heavy (non-hydrogen) atoms. The Morgan fingerprint density at radius 3 is 2.72 bits per heavy atom. The summed E-state index contributed by atoms with van der Waals surface area (Å²) in [5.74, 6) is -1.64. The molecule has 2 aromatic carbocycles. The largest absolute Gasteiger partial charge is 0.328 e. The Kier molecular flexibility index (Phi) is 3.92. The second-order valence-corrected chi connectivity index (χ2v) is 7.98. The molecule has 4 heterocycles. The van der Waals surface area contributed by atoms with Gasteiger partial charge in [0.2, 0.25) is 0 Å². The van der Waals surface area contributed by atoms with Crippen LogP contribution in [0.3, 0.4) is 0 Å². The number of carbonyl (C=O) groups excluding carboxylic acids is 1. The number of amides is 1. The minimum atomic E-state index is -0.683. The molecule has 158 valence electrons. The highest BCUT2D eigenvalue weighted by molar-refractivity contribution is 5.97. The van der Waals surface area contributed by atoms with Crippen molar-refractivity contribution < 1.29 is 13.6 Å². The van der Waals surface area contributed by atoms with Gasteiger partial charge in [0.1, 0.15) is 23.0 Å². The summed E-state index contributed by atoms with van der Waals surface area (Å²) in [5, 5.41) is 5.17.